The summed E-state index contributed by atoms with van der Waals surface area (Å²) in [5.41, 5.74) is 2.36. The van der Waals surface area contributed by atoms with Gasteiger partial charge in [0.05, 0.1) is 32.2 Å². The van der Waals surface area contributed by atoms with Crippen LogP contribution in [0.3, 0.4) is 0 Å². The summed E-state index contributed by atoms with van der Waals surface area (Å²) >= 11 is 0. The van der Waals surface area contributed by atoms with Crippen molar-refractivity contribution in [3.8, 4) is 11.5 Å². The summed E-state index contributed by atoms with van der Waals surface area (Å²) in [5, 5.41) is 2.84. The molecule has 0 fully saturated rings. The first-order valence-corrected chi connectivity index (χ1v) is 11.1. The number of anilines is 1. The van der Waals surface area contributed by atoms with E-state index in [0.29, 0.717) is 17.2 Å². The molecule has 7 nitrogen and oxygen atoms in total. The highest BCUT2D eigenvalue weighted by molar-refractivity contribution is 7.92. The van der Waals surface area contributed by atoms with E-state index in [1.807, 2.05) is 32.0 Å². The lowest BCUT2D eigenvalue weighted by Gasteiger charge is -2.23. The average Bonchev–Trinajstić information content (AvgIpc) is 2.70. The lowest BCUT2D eigenvalue weighted by atomic mass is 10.1. The number of ether oxygens (including phenoxy) is 2. The topological polar surface area (TPSA) is 84.9 Å². The van der Waals surface area contributed by atoms with Gasteiger partial charge in [-0.25, -0.2) is 8.42 Å². The number of nitrogens with zero attached hydrogens (tertiary/aromatic N) is 1. The van der Waals surface area contributed by atoms with Crippen molar-refractivity contribution in [2.24, 2.45) is 0 Å². The maximum atomic E-state index is 12.6. The smallest absolute Gasteiger partial charge is 0.241 e. The van der Waals surface area contributed by atoms with Gasteiger partial charge in [-0.3, -0.25) is 9.10 Å². The predicted octanol–water partition coefficient (Wildman–Crippen LogP) is 2.91. The Bertz CT molecular complexity index is 942. The molecule has 158 valence electrons. The minimum absolute atomic E-state index is 0.304. The van der Waals surface area contributed by atoms with Crippen molar-refractivity contribution < 1.29 is 22.7 Å². The van der Waals surface area contributed by atoms with Crippen LogP contribution in [0.5, 0.6) is 11.5 Å². The standard InChI is InChI=1S/C21H28N2O5S/c1-6-16-7-10-18(11-8-16)23(29(5,25)26)14-21(24)22-15(2)17-9-12-19(27-3)20(13-17)28-4/h7-13,15H,6,14H2,1-5H3,(H,22,24)/t15-/m0/s1. The van der Waals surface area contributed by atoms with Crippen LogP contribution in [0, 0.1) is 0 Å². The quantitative estimate of drug-likeness (QED) is 0.674. The van der Waals surface area contributed by atoms with Crippen LogP contribution in [0.1, 0.15) is 31.0 Å². The van der Waals surface area contributed by atoms with Crippen molar-refractivity contribution in [1.82, 2.24) is 5.32 Å². The van der Waals surface area contributed by atoms with Gasteiger partial charge in [0.1, 0.15) is 6.54 Å². The Morgan fingerprint density at radius 1 is 1.07 bits per heavy atom. The van der Waals surface area contributed by atoms with Crippen molar-refractivity contribution in [2.75, 3.05) is 31.3 Å². The monoisotopic (exact) mass is 420 g/mol. The van der Waals surface area contributed by atoms with Crippen molar-refractivity contribution in [1.29, 1.82) is 0 Å². The largest absolute Gasteiger partial charge is 0.493 e. The molecule has 2 aromatic carbocycles. The third kappa shape index (κ3) is 5.87. The highest BCUT2D eigenvalue weighted by Gasteiger charge is 2.22. The SMILES string of the molecule is CCc1ccc(N(CC(=O)N[C@@H](C)c2ccc(OC)c(OC)c2)S(C)(=O)=O)cc1. The van der Waals surface area contributed by atoms with Crippen molar-refractivity contribution in [3.05, 3.63) is 53.6 Å². The number of carbonyl (C=O) groups excluding carboxylic acids is 1. The van der Waals surface area contributed by atoms with E-state index >= 15 is 0 Å². The molecule has 0 aliphatic heterocycles. The van der Waals surface area contributed by atoms with Crippen LogP contribution in [-0.4, -0.2) is 41.3 Å². The minimum Gasteiger partial charge on any atom is -0.493 e. The van der Waals surface area contributed by atoms with Crippen molar-refractivity contribution >= 4 is 21.6 Å². The fraction of sp³-hybridized carbons (Fsp3) is 0.381. The zero-order valence-electron chi connectivity index (χ0n) is 17.4. The lowest BCUT2D eigenvalue weighted by Crippen LogP contribution is -2.41. The minimum atomic E-state index is -3.62. The number of hydrogen-bond acceptors (Lipinski definition) is 5. The molecule has 0 aliphatic rings. The third-order valence-corrected chi connectivity index (χ3v) is 5.75. The summed E-state index contributed by atoms with van der Waals surface area (Å²) in [6.45, 7) is 3.54. The molecule has 0 bridgehead atoms. The zero-order valence-corrected chi connectivity index (χ0v) is 18.2. The van der Waals surface area contributed by atoms with E-state index in [0.717, 1.165) is 28.1 Å². The molecule has 0 radical (unpaired) electrons. The molecule has 1 amide bonds. The number of rotatable bonds is 9. The molecular formula is C21H28N2O5S. The Morgan fingerprint density at radius 3 is 2.21 bits per heavy atom. The molecule has 1 N–H and O–H groups in total. The molecule has 29 heavy (non-hydrogen) atoms. The van der Waals surface area contributed by atoms with Gasteiger partial charge in [-0.2, -0.15) is 0 Å². The van der Waals surface area contributed by atoms with E-state index in [1.165, 1.54) is 0 Å². The van der Waals surface area contributed by atoms with Crippen molar-refractivity contribution in [3.63, 3.8) is 0 Å². The summed E-state index contributed by atoms with van der Waals surface area (Å²) in [5.74, 6) is 0.741. The number of hydrogen-bond donors (Lipinski definition) is 1. The number of sulfonamides is 1. The van der Waals surface area contributed by atoms with Crippen LogP contribution in [0.25, 0.3) is 0 Å². The van der Waals surface area contributed by atoms with E-state index in [1.54, 1.807) is 38.5 Å². The van der Waals surface area contributed by atoms with Crippen LogP contribution in [0.2, 0.25) is 0 Å². The summed E-state index contributed by atoms with van der Waals surface area (Å²) in [4.78, 5) is 12.6. The van der Waals surface area contributed by atoms with Gasteiger partial charge in [0.25, 0.3) is 0 Å². The highest BCUT2D eigenvalue weighted by Crippen LogP contribution is 2.30. The number of amides is 1. The maximum Gasteiger partial charge on any atom is 0.241 e. The van der Waals surface area contributed by atoms with Gasteiger partial charge in [0, 0.05) is 0 Å². The second kappa shape index (κ2) is 9.65. The van der Waals surface area contributed by atoms with Crippen molar-refractivity contribution in [2.45, 2.75) is 26.3 Å². The Morgan fingerprint density at radius 2 is 1.69 bits per heavy atom. The first-order valence-electron chi connectivity index (χ1n) is 9.27. The number of benzene rings is 2. The Kier molecular flexibility index (Phi) is 7.50. The van der Waals surface area contributed by atoms with Gasteiger partial charge in [-0.05, 0) is 48.7 Å². The summed E-state index contributed by atoms with van der Waals surface area (Å²) in [7, 11) is -0.525. The molecule has 0 saturated heterocycles. The van der Waals surface area contributed by atoms with Crippen LogP contribution < -0.4 is 19.1 Å². The number of aryl methyl sites for hydroxylation is 1. The van der Waals surface area contributed by atoms with E-state index in [-0.39, 0.29) is 12.6 Å². The molecule has 0 spiro atoms. The van der Waals surface area contributed by atoms with Crippen LogP contribution in [-0.2, 0) is 21.2 Å². The number of nitrogens with one attached hydrogen (secondary N) is 1. The van der Waals surface area contributed by atoms with Gasteiger partial charge in [0.15, 0.2) is 11.5 Å². The highest BCUT2D eigenvalue weighted by atomic mass is 32.2. The molecular weight excluding hydrogens is 392 g/mol. The molecule has 1 atom stereocenters. The normalized spacial score (nSPS) is 12.2. The number of carbonyl (C=O) groups is 1. The van der Waals surface area contributed by atoms with Crippen LogP contribution in [0.4, 0.5) is 5.69 Å². The summed E-state index contributed by atoms with van der Waals surface area (Å²) in [6.07, 6.45) is 1.94. The fourth-order valence-corrected chi connectivity index (χ4v) is 3.78. The molecule has 0 aromatic heterocycles. The lowest BCUT2D eigenvalue weighted by molar-refractivity contribution is -0.120. The van der Waals surface area contributed by atoms with Crippen LogP contribution >= 0.6 is 0 Å². The first kappa shape index (κ1) is 22.5. The first-order chi connectivity index (χ1) is 13.7. The van der Waals surface area contributed by atoms with Gasteiger partial charge in [0.2, 0.25) is 15.9 Å². The van der Waals surface area contributed by atoms with E-state index < -0.39 is 15.9 Å². The van der Waals surface area contributed by atoms with Gasteiger partial charge < -0.3 is 14.8 Å². The van der Waals surface area contributed by atoms with E-state index in [2.05, 4.69) is 5.32 Å². The molecule has 0 saturated carbocycles. The summed E-state index contributed by atoms with van der Waals surface area (Å²) < 4.78 is 36.1. The third-order valence-electron chi connectivity index (χ3n) is 4.61. The Labute approximate surface area is 172 Å². The number of methoxy groups -OCH3 is 2. The Balaban J connectivity index is 2.15. The molecule has 2 rings (SSSR count). The molecule has 0 aliphatic carbocycles. The summed E-state index contributed by atoms with van der Waals surface area (Å²) in [6, 6.07) is 12.2. The van der Waals surface area contributed by atoms with Gasteiger partial charge >= 0.3 is 0 Å². The molecule has 0 unspecified atom stereocenters. The zero-order chi connectivity index (χ0) is 21.6. The average molecular weight is 421 g/mol. The van der Waals surface area contributed by atoms with E-state index in [4.69, 9.17) is 9.47 Å². The van der Waals surface area contributed by atoms with Crippen LogP contribution in [0.15, 0.2) is 42.5 Å². The second-order valence-corrected chi connectivity index (χ2v) is 8.60. The molecule has 2 aromatic rings. The van der Waals surface area contributed by atoms with Gasteiger partial charge in [-0.15, -0.1) is 0 Å². The second-order valence-electron chi connectivity index (χ2n) is 6.69. The molecule has 0 heterocycles. The van der Waals surface area contributed by atoms with Gasteiger partial charge in [-0.1, -0.05) is 25.1 Å². The Hall–Kier alpha value is -2.74. The maximum absolute atomic E-state index is 12.6. The van der Waals surface area contributed by atoms with E-state index in [9.17, 15) is 13.2 Å². The fourth-order valence-electron chi connectivity index (χ4n) is 2.92. The molecule has 8 heteroatoms. The predicted molar refractivity (Wildman–Crippen MR) is 114 cm³/mol.